The second-order valence-electron chi connectivity index (χ2n) is 7.34. The second kappa shape index (κ2) is 6.46. The molecule has 26 heavy (non-hydrogen) atoms. The Labute approximate surface area is 149 Å². The molecule has 7 heteroatoms. The van der Waals surface area contributed by atoms with Gasteiger partial charge < -0.3 is 4.74 Å². The van der Waals surface area contributed by atoms with Crippen molar-refractivity contribution in [2.24, 2.45) is 0 Å². The van der Waals surface area contributed by atoms with Crippen LogP contribution in [0.3, 0.4) is 0 Å². The minimum Gasteiger partial charge on any atom is -0.488 e. The Morgan fingerprint density at radius 3 is 2.38 bits per heavy atom. The number of carbonyl (C=O) groups excluding carboxylic acids is 1. The van der Waals surface area contributed by atoms with Crippen LogP contribution in [0.25, 0.3) is 10.8 Å². The zero-order valence-electron chi connectivity index (χ0n) is 14.9. The summed E-state index contributed by atoms with van der Waals surface area (Å²) < 4.78 is 48.1. The number of fused-ring (bicyclic) bond motifs is 1. The van der Waals surface area contributed by atoms with Crippen molar-refractivity contribution in [3.8, 4) is 5.75 Å². The van der Waals surface area contributed by atoms with Crippen molar-refractivity contribution < 1.29 is 22.7 Å². The summed E-state index contributed by atoms with van der Waals surface area (Å²) in [5.41, 5.74) is 1.69. The third kappa shape index (κ3) is 3.77. The van der Waals surface area contributed by atoms with Gasteiger partial charge in [0.15, 0.2) is 6.04 Å². The summed E-state index contributed by atoms with van der Waals surface area (Å²) in [6.07, 6.45) is -4.55. The highest BCUT2D eigenvalue weighted by Gasteiger charge is 2.49. The monoisotopic (exact) mass is 366 g/mol. The highest BCUT2D eigenvalue weighted by Crippen LogP contribution is 2.45. The Morgan fingerprint density at radius 1 is 1.12 bits per heavy atom. The van der Waals surface area contributed by atoms with Crippen LogP contribution in [0.2, 0.25) is 0 Å². The van der Waals surface area contributed by atoms with Gasteiger partial charge in [0.05, 0.1) is 0 Å². The van der Waals surface area contributed by atoms with E-state index >= 15 is 0 Å². The topological polar surface area (TPSA) is 41.6 Å². The van der Waals surface area contributed by atoms with Crippen molar-refractivity contribution in [1.82, 2.24) is 10.4 Å². The summed E-state index contributed by atoms with van der Waals surface area (Å²) in [5.74, 6) is -0.252. The first-order valence-electron chi connectivity index (χ1n) is 8.40. The quantitative estimate of drug-likeness (QED) is 0.878. The zero-order valence-corrected chi connectivity index (χ0v) is 14.9. The van der Waals surface area contributed by atoms with E-state index in [-0.39, 0.29) is 24.3 Å². The van der Waals surface area contributed by atoms with Gasteiger partial charge >= 0.3 is 6.18 Å². The second-order valence-corrected chi connectivity index (χ2v) is 7.34. The van der Waals surface area contributed by atoms with Crippen LogP contribution >= 0.6 is 0 Å². The lowest BCUT2D eigenvalue weighted by molar-refractivity contribution is -0.191. The molecule has 1 fully saturated rings. The molecule has 1 aliphatic heterocycles. The summed E-state index contributed by atoms with van der Waals surface area (Å²) in [4.78, 5) is 11.5. The molecule has 4 nitrogen and oxygen atoms in total. The Balaban J connectivity index is 2.23. The summed E-state index contributed by atoms with van der Waals surface area (Å²) in [6.45, 7) is 5.34. The van der Waals surface area contributed by atoms with Crippen LogP contribution in [0, 0.1) is 0 Å². The minimum absolute atomic E-state index is 0.0127. The maximum absolute atomic E-state index is 14.1. The van der Waals surface area contributed by atoms with E-state index < -0.39 is 23.7 Å². The van der Waals surface area contributed by atoms with Crippen molar-refractivity contribution in [2.45, 2.75) is 45.0 Å². The SMILES string of the molecule is CC(C)(C)Oc1ccc2ccccc2c1C(N1CCC(=O)N1)C(F)(F)F. The normalized spacial score (nSPS) is 17.4. The van der Waals surface area contributed by atoms with E-state index in [0.717, 1.165) is 5.01 Å². The van der Waals surface area contributed by atoms with Crippen molar-refractivity contribution in [1.29, 1.82) is 0 Å². The number of nitrogens with one attached hydrogen (secondary N) is 1. The number of nitrogens with zero attached hydrogens (tertiary/aromatic N) is 1. The third-order valence-electron chi connectivity index (χ3n) is 4.09. The maximum Gasteiger partial charge on any atom is 0.410 e. The van der Waals surface area contributed by atoms with Gasteiger partial charge in [-0.3, -0.25) is 10.2 Å². The van der Waals surface area contributed by atoms with Gasteiger partial charge in [-0.05, 0) is 37.6 Å². The molecule has 0 saturated carbocycles. The predicted molar refractivity (Wildman–Crippen MR) is 92.6 cm³/mol. The van der Waals surface area contributed by atoms with Crippen LogP contribution in [-0.2, 0) is 4.79 Å². The molecule has 1 amide bonds. The first-order valence-corrected chi connectivity index (χ1v) is 8.40. The molecule has 1 unspecified atom stereocenters. The molecule has 2 aromatic carbocycles. The van der Waals surface area contributed by atoms with E-state index in [2.05, 4.69) is 5.43 Å². The summed E-state index contributed by atoms with van der Waals surface area (Å²) >= 11 is 0. The van der Waals surface area contributed by atoms with E-state index in [1.54, 1.807) is 57.2 Å². The Hall–Kier alpha value is -2.28. The average molecular weight is 366 g/mol. The Kier molecular flexibility index (Phi) is 4.60. The number of halogens is 3. The molecule has 140 valence electrons. The number of hydrazine groups is 1. The first kappa shape index (κ1) is 18.5. The van der Waals surface area contributed by atoms with E-state index in [9.17, 15) is 18.0 Å². The Bertz CT molecular complexity index is 828. The molecule has 2 aromatic rings. The molecule has 0 bridgehead atoms. The number of alkyl halides is 3. The van der Waals surface area contributed by atoms with Gasteiger partial charge in [0.1, 0.15) is 11.4 Å². The number of hydrogen-bond acceptors (Lipinski definition) is 3. The number of rotatable bonds is 3. The fourth-order valence-corrected chi connectivity index (χ4v) is 3.16. The minimum atomic E-state index is -4.59. The molecule has 0 spiro atoms. The van der Waals surface area contributed by atoms with Crippen LogP contribution in [-0.4, -0.2) is 29.2 Å². The molecule has 1 heterocycles. The highest BCUT2D eigenvalue weighted by molar-refractivity contribution is 5.88. The summed E-state index contributed by atoms with van der Waals surface area (Å²) in [5, 5.41) is 2.10. The average Bonchev–Trinajstić information content (AvgIpc) is 2.93. The van der Waals surface area contributed by atoms with E-state index in [4.69, 9.17) is 4.74 Å². The molecule has 1 atom stereocenters. The molecular weight excluding hydrogens is 345 g/mol. The predicted octanol–water partition coefficient (Wildman–Crippen LogP) is 4.36. The van der Waals surface area contributed by atoms with Crippen molar-refractivity contribution >= 4 is 16.7 Å². The molecule has 1 aliphatic rings. The molecule has 0 radical (unpaired) electrons. The van der Waals surface area contributed by atoms with E-state index in [1.165, 1.54) is 0 Å². The largest absolute Gasteiger partial charge is 0.488 e. The lowest BCUT2D eigenvalue weighted by Gasteiger charge is -2.33. The van der Waals surface area contributed by atoms with Gasteiger partial charge in [-0.2, -0.15) is 13.2 Å². The van der Waals surface area contributed by atoms with E-state index in [0.29, 0.717) is 10.8 Å². The molecular formula is C19H21F3N2O2. The smallest absolute Gasteiger partial charge is 0.410 e. The summed E-state index contributed by atoms with van der Waals surface area (Å²) in [6, 6.07) is 8.21. The van der Waals surface area contributed by atoms with Crippen LogP contribution in [0.5, 0.6) is 5.75 Å². The van der Waals surface area contributed by atoms with Gasteiger partial charge in [0.2, 0.25) is 5.91 Å². The van der Waals surface area contributed by atoms with Gasteiger partial charge in [-0.1, -0.05) is 30.3 Å². The highest BCUT2D eigenvalue weighted by atomic mass is 19.4. The third-order valence-corrected chi connectivity index (χ3v) is 4.09. The molecule has 1 saturated heterocycles. The van der Waals surface area contributed by atoms with Gasteiger partial charge in [-0.15, -0.1) is 0 Å². The molecule has 3 rings (SSSR count). The van der Waals surface area contributed by atoms with Gasteiger partial charge in [0.25, 0.3) is 0 Å². The van der Waals surface area contributed by atoms with Gasteiger partial charge in [-0.25, -0.2) is 5.01 Å². The zero-order chi connectivity index (χ0) is 19.1. The number of hydrogen-bond donors (Lipinski definition) is 1. The molecule has 0 aromatic heterocycles. The number of amides is 1. The fraction of sp³-hybridized carbons (Fsp3) is 0.421. The fourth-order valence-electron chi connectivity index (χ4n) is 3.16. The van der Waals surface area contributed by atoms with Crippen molar-refractivity contribution in [3.63, 3.8) is 0 Å². The summed E-state index contributed by atoms with van der Waals surface area (Å²) in [7, 11) is 0. The Morgan fingerprint density at radius 2 is 1.81 bits per heavy atom. The van der Waals surface area contributed by atoms with Crippen LogP contribution in [0.1, 0.15) is 38.8 Å². The number of carbonyl (C=O) groups is 1. The number of benzene rings is 2. The maximum atomic E-state index is 14.1. The first-order chi connectivity index (χ1) is 12.1. The van der Waals surface area contributed by atoms with E-state index in [1.807, 2.05) is 0 Å². The standard InChI is InChI=1S/C19H21F3N2O2/c1-18(2,3)26-14-9-8-12-6-4-5-7-13(12)16(14)17(19(20,21)22)24-11-10-15(25)23-24/h4-9,17H,10-11H2,1-3H3,(H,23,25). The van der Waals surface area contributed by atoms with Crippen LogP contribution in [0.15, 0.2) is 36.4 Å². The van der Waals surface area contributed by atoms with Crippen molar-refractivity contribution in [2.75, 3.05) is 6.54 Å². The lowest BCUT2D eigenvalue weighted by Crippen LogP contribution is -2.44. The molecule has 1 N–H and O–H groups in total. The molecule has 0 aliphatic carbocycles. The van der Waals surface area contributed by atoms with Crippen LogP contribution in [0.4, 0.5) is 13.2 Å². The number of ether oxygens (including phenoxy) is 1. The lowest BCUT2D eigenvalue weighted by atomic mass is 9.96. The van der Waals surface area contributed by atoms with Crippen molar-refractivity contribution in [3.05, 3.63) is 42.0 Å². The van der Waals surface area contributed by atoms with Gasteiger partial charge in [0, 0.05) is 18.5 Å². The van der Waals surface area contributed by atoms with Crippen LogP contribution < -0.4 is 10.2 Å².